The fourth-order valence-corrected chi connectivity index (χ4v) is 4.08. The Bertz CT molecular complexity index is 1250. The minimum absolute atomic E-state index is 0.266. The average molecular weight is 525 g/mol. The van der Waals surface area contributed by atoms with E-state index in [1.807, 2.05) is 0 Å². The topological polar surface area (TPSA) is 173 Å². The minimum Gasteiger partial charge on any atom is -0.258 e. The van der Waals surface area contributed by atoms with E-state index in [1.165, 1.54) is 0 Å². The van der Waals surface area contributed by atoms with E-state index in [0.717, 1.165) is 24.3 Å². The SMILES string of the molecule is O=[N+]([O-])c1cc(S(=O)(=O)OCC#CCOS(=O)(=O)c2ccc(Cl)c([N+](=O)[O-])c2)ccc1Cl. The summed E-state index contributed by atoms with van der Waals surface area (Å²) in [6, 6.07) is 5.46. The molecule has 0 aromatic heterocycles. The number of nitro groups is 2. The van der Waals surface area contributed by atoms with E-state index in [4.69, 9.17) is 23.2 Å². The Morgan fingerprint density at radius 1 is 0.750 bits per heavy atom. The van der Waals surface area contributed by atoms with Crippen molar-refractivity contribution in [3.05, 3.63) is 66.7 Å². The van der Waals surface area contributed by atoms with Gasteiger partial charge in [0.05, 0.1) is 9.85 Å². The molecule has 170 valence electrons. The molecule has 2 aromatic rings. The van der Waals surface area contributed by atoms with Crippen molar-refractivity contribution in [2.75, 3.05) is 13.2 Å². The lowest BCUT2D eigenvalue weighted by atomic mass is 10.3. The second-order valence-corrected chi connectivity index (χ2v) is 9.57. The number of halogens is 2. The molecule has 0 radical (unpaired) electrons. The van der Waals surface area contributed by atoms with Gasteiger partial charge in [-0.15, -0.1) is 0 Å². The average Bonchev–Trinajstić information content (AvgIpc) is 2.70. The lowest BCUT2D eigenvalue weighted by molar-refractivity contribution is -0.385. The van der Waals surface area contributed by atoms with Crippen LogP contribution in [0.1, 0.15) is 0 Å². The Labute approximate surface area is 191 Å². The fraction of sp³-hybridized carbons (Fsp3) is 0.125. The number of rotatable bonds is 8. The van der Waals surface area contributed by atoms with Crippen LogP contribution in [0.5, 0.6) is 0 Å². The van der Waals surface area contributed by atoms with Gasteiger partial charge < -0.3 is 0 Å². The zero-order valence-electron chi connectivity index (χ0n) is 15.4. The van der Waals surface area contributed by atoms with Gasteiger partial charge in [0.1, 0.15) is 33.0 Å². The van der Waals surface area contributed by atoms with Crippen molar-refractivity contribution in [3.63, 3.8) is 0 Å². The molecule has 0 saturated heterocycles. The molecule has 0 aliphatic rings. The highest BCUT2D eigenvalue weighted by atomic mass is 35.5. The van der Waals surface area contributed by atoms with Gasteiger partial charge in [-0.05, 0) is 24.3 Å². The summed E-state index contributed by atoms with van der Waals surface area (Å²) < 4.78 is 57.4. The summed E-state index contributed by atoms with van der Waals surface area (Å²) in [6.45, 7) is -1.43. The van der Waals surface area contributed by atoms with Crippen molar-refractivity contribution in [1.29, 1.82) is 0 Å². The molecule has 0 unspecified atom stereocenters. The highest BCUT2D eigenvalue weighted by Crippen LogP contribution is 2.28. The second kappa shape index (κ2) is 10.2. The number of hydrogen-bond donors (Lipinski definition) is 0. The number of benzene rings is 2. The van der Waals surface area contributed by atoms with Gasteiger partial charge >= 0.3 is 0 Å². The predicted molar refractivity (Wildman–Crippen MR) is 110 cm³/mol. The van der Waals surface area contributed by atoms with Gasteiger partial charge in [-0.2, -0.15) is 16.8 Å². The van der Waals surface area contributed by atoms with Gasteiger partial charge in [0.25, 0.3) is 31.6 Å². The molecule has 0 saturated carbocycles. The highest BCUT2D eigenvalue weighted by molar-refractivity contribution is 7.87. The van der Waals surface area contributed by atoms with Crippen LogP contribution in [-0.2, 0) is 28.6 Å². The van der Waals surface area contributed by atoms with Crippen LogP contribution in [0.3, 0.4) is 0 Å². The van der Waals surface area contributed by atoms with Crippen LogP contribution in [0.4, 0.5) is 11.4 Å². The summed E-state index contributed by atoms with van der Waals surface area (Å²) in [4.78, 5) is 18.9. The molecule has 2 rings (SSSR count). The lowest BCUT2D eigenvalue weighted by Gasteiger charge is -2.04. The molecule has 32 heavy (non-hydrogen) atoms. The predicted octanol–water partition coefficient (Wildman–Crippen LogP) is 2.92. The monoisotopic (exact) mass is 524 g/mol. The van der Waals surface area contributed by atoms with E-state index in [1.54, 1.807) is 0 Å². The third-order valence-electron chi connectivity index (χ3n) is 3.50. The maximum atomic E-state index is 12.1. The van der Waals surface area contributed by atoms with Gasteiger partial charge in [0.15, 0.2) is 0 Å². The van der Waals surface area contributed by atoms with E-state index in [9.17, 15) is 37.1 Å². The third-order valence-corrected chi connectivity index (χ3v) is 6.66. The van der Waals surface area contributed by atoms with Gasteiger partial charge in [0, 0.05) is 12.1 Å². The molecule has 0 bridgehead atoms. The molecule has 2 aromatic carbocycles. The van der Waals surface area contributed by atoms with Gasteiger partial charge in [-0.25, -0.2) is 0 Å². The van der Waals surface area contributed by atoms with E-state index >= 15 is 0 Å². The molecule has 0 amide bonds. The molecule has 12 nitrogen and oxygen atoms in total. The van der Waals surface area contributed by atoms with Crippen molar-refractivity contribution in [1.82, 2.24) is 0 Å². The first-order chi connectivity index (χ1) is 14.8. The van der Waals surface area contributed by atoms with E-state index < -0.39 is 64.5 Å². The van der Waals surface area contributed by atoms with Crippen molar-refractivity contribution >= 4 is 54.8 Å². The van der Waals surface area contributed by atoms with Crippen LogP contribution in [0, 0.1) is 32.1 Å². The number of nitrogens with zero attached hydrogens (tertiary/aromatic N) is 2. The van der Waals surface area contributed by atoms with Crippen molar-refractivity contribution in [3.8, 4) is 11.8 Å². The lowest BCUT2D eigenvalue weighted by Crippen LogP contribution is -2.08. The second-order valence-electron chi connectivity index (χ2n) is 5.53. The van der Waals surface area contributed by atoms with Gasteiger partial charge in [-0.1, -0.05) is 35.0 Å². The standard InChI is InChI=1S/C16H10Cl2N2O10S2/c17-13-5-3-11(9-15(13)19(21)22)31(25,26)29-7-1-2-8-30-32(27,28)12-4-6-14(18)16(10-12)20(23)24/h3-6,9-10H,7-8H2. The highest BCUT2D eigenvalue weighted by Gasteiger charge is 2.22. The third kappa shape index (κ3) is 6.36. The van der Waals surface area contributed by atoms with Crippen LogP contribution >= 0.6 is 23.2 Å². The summed E-state index contributed by atoms with van der Waals surface area (Å²) >= 11 is 11.2. The number of hydrogen-bond acceptors (Lipinski definition) is 10. The van der Waals surface area contributed by atoms with E-state index in [2.05, 4.69) is 20.2 Å². The molecule has 0 heterocycles. The minimum atomic E-state index is -4.41. The maximum Gasteiger partial charge on any atom is 0.298 e. The van der Waals surface area contributed by atoms with Crippen LogP contribution in [0.25, 0.3) is 0 Å². The van der Waals surface area contributed by atoms with Crippen LogP contribution < -0.4 is 0 Å². The zero-order valence-corrected chi connectivity index (χ0v) is 18.6. The van der Waals surface area contributed by atoms with Crippen LogP contribution in [0.15, 0.2) is 46.2 Å². The Hall–Kier alpha value is -2.80. The van der Waals surface area contributed by atoms with Crippen molar-refractivity contribution in [2.45, 2.75) is 9.79 Å². The Morgan fingerprint density at radius 3 is 1.41 bits per heavy atom. The maximum absolute atomic E-state index is 12.1. The molecule has 0 spiro atoms. The molecular weight excluding hydrogens is 515 g/mol. The zero-order chi connectivity index (χ0) is 24.1. The quantitative estimate of drug-likeness (QED) is 0.216. The largest absolute Gasteiger partial charge is 0.298 e. The van der Waals surface area contributed by atoms with E-state index in [-0.39, 0.29) is 10.0 Å². The first-order valence-electron chi connectivity index (χ1n) is 7.97. The molecule has 0 fully saturated rings. The van der Waals surface area contributed by atoms with Crippen molar-refractivity contribution in [2.24, 2.45) is 0 Å². The molecule has 0 atom stereocenters. The molecule has 0 N–H and O–H groups in total. The summed E-state index contributed by atoms with van der Waals surface area (Å²) in [5, 5.41) is 21.2. The Balaban J connectivity index is 2.00. The molecular formula is C16H10Cl2N2O10S2. The molecule has 0 aliphatic carbocycles. The van der Waals surface area contributed by atoms with E-state index in [0.29, 0.717) is 12.1 Å². The van der Waals surface area contributed by atoms with Crippen molar-refractivity contribution < 1.29 is 35.0 Å². The molecule has 16 heteroatoms. The van der Waals surface area contributed by atoms with Crippen LogP contribution in [0.2, 0.25) is 10.0 Å². The summed E-state index contributed by atoms with van der Waals surface area (Å²) in [5.41, 5.74) is -1.27. The van der Waals surface area contributed by atoms with Gasteiger partial charge in [0.2, 0.25) is 0 Å². The first-order valence-corrected chi connectivity index (χ1v) is 11.5. The van der Waals surface area contributed by atoms with Gasteiger partial charge in [-0.3, -0.25) is 28.6 Å². The first kappa shape index (κ1) is 25.5. The Morgan fingerprint density at radius 2 is 1.09 bits per heavy atom. The normalized spacial score (nSPS) is 11.4. The van der Waals surface area contributed by atoms with Crippen LogP contribution in [-0.4, -0.2) is 39.9 Å². The Kier molecular flexibility index (Phi) is 8.13. The summed E-state index contributed by atoms with van der Waals surface area (Å²) in [6.07, 6.45) is 0. The number of nitro benzene ring substituents is 2. The summed E-state index contributed by atoms with van der Waals surface area (Å²) in [7, 11) is -8.82. The summed E-state index contributed by atoms with van der Waals surface area (Å²) in [5.74, 6) is 4.39. The smallest absolute Gasteiger partial charge is 0.258 e. The fourth-order valence-electron chi connectivity index (χ4n) is 2.03. The molecule has 0 aliphatic heterocycles.